The van der Waals surface area contributed by atoms with Crippen molar-refractivity contribution in [2.75, 3.05) is 26.2 Å². The Labute approximate surface area is 165 Å². The molecule has 1 aliphatic rings. The fourth-order valence-electron chi connectivity index (χ4n) is 3.11. The molecule has 2 aromatic rings. The van der Waals surface area contributed by atoms with Crippen molar-refractivity contribution in [3.05, 3.63) is 51.0 Å². The first kappa shape index (κ1) is 20.8. The molecule has 1 saturated heterocycles. The fourth-order valence-corrected chi connectivity index (χ4v) is 5.67. The second kappa shape index (κ2) is 7.84. The maximum absolute atomic E-state index is 13.9. The Morgan fingerprint density at radius 3 is 2.32 bits per heavy atom. The van der Waals surface area contributed by atoms with Crippen molar-refractivity contribution in [3.8, 4) is 0 Å². The molecule has 28 heavy (non-hydrogen) atoms. The Hall–Kier alpha value is -1.91. The molecule has 0 spiro atoms. The number of piperazine rings is 1. The van der Waals surface area contributed by atoms with Crippen LogP contribution < -0.4 is 0 Å². The number of aryl methyl sites for hydroxylation is 2. The molecule has 152 valence electrons. The van der Waals surface area contributed by atoms with Crippen LogP contribution in [-0.2, 0) is 16.4 Å². The molecule has 10 heteroatoms. The summed E-state index contributed by atoms with van der Waals surface area (Å²) < 4.78 is 66.6. The molecule has 2 heterocycles. The molecule has 1 amide bonds. The Bertz CT molecular complexity index is 1010. The van der Waals surface area contributed by atoms with Crippen molar-refractivity contribution in [1.82, 2.24) is 9.21 Å². The van der Waals surface area contributed by atoms with Crippen LogP contribution in [0.15, 0.2) is 23.1 Å². The molecule has 0 bridgehead atoms. The lowest BCUT2D eigenvalue weighted by atomic mass is 10.2. The van der Waals surface area contributed by atoms with E-state index in [1.54, 1.807) is 4.90 Å². The summed E-state index contributed by atoms with van der Waals surface area (Å²) >= 11 is 1.42. The highest BCUT2D eigenvalue weighted by atomic mass is 32.2. The molecule has 1 fully saturated rings. The summed E-state index contributed by atoms with van der Waals surface area (Å²) in [4.78, 5) is 15.0. The molecule has 0 radical (unpaired) electrons. The first-order valence-electron chi connectivity index (χ1n) is 8.69. The van der Waals surface area contributed by atoms with Crippen LogP contribution >= 0.6 is 11.3 Å². The van der Waals surface area contributed by atoms with Gasteiger partial charge in [-0.3, -0.25) is 4.79 Å². The van der Waals surface area contributed by atoms with Gasteiger partial charge in [-0.15, -0.1) is 11.3 Å². The molecule has 1 aromatic heterocycles. The van der Waals surface area contributed by atoms with E-state index >= 15 is 0 Å². The molecule has 0 unspecified atom stereocenters. The molecule has 5 nitrogen and oxygen atoms in total. The lowest BCUT2D eigenvalue weighted by molar-refractivity contribution is 0.0702. The average Bonchev–Trinajstić information content (AvgIpc) is 3.06. The standard InChI is InChI=1S/C18H19F3N2O3S2/c1-3-13-11(2)10-14(27-13)18(24)22-6-8-23(9-7-22)28(25,26)15-5-4-12(19)16(20)17(15)21/h4-5,10H,3,6-9H2,1-2H3. The van der Waals surface area contributed by atoms with Gasteiger partial charge in [0, 0.05) is 31.1 Å². The summed E-state index contributed by atoms with van der Waals surface area (Å²) in [5, 5.41) is 0. The van der Waals surface area contributed by atoms with Gasteiger partial charge in [-0.25, -0.2) is 21.6 Å². The van der Waals surface area contributed by atoms with Crippen molar-refractivity contribution >= 4 is 27.3 Å². The SMILES string of the molecule is CCc1sc(C(=O)N2CCN(S(=O)(=O)c3ccc(F)c(F)c3F)CC2)cc1C. The summed E-state index contributed by atoms with van der Waals surface area (Å²) in [5.41, 5.74) is 1.05. The predicted molar refractivity (Wildman–Crippen MR) is 99.4 cm³/mol. The van der Waals surface area contributed by atoms with Gasteiger partial charge in [0.25, 0.3) is 5.91 Å². The molecule has 0 aliphatic carbocycles. The number of hydrogen-bond donors (Lipinski definition) is 0. The van der Waals surface area contributed by atoms with E-state index in [-0.39, 0.29) is 32.1 Å². The number of carbonyl (C=O) groups excluding carboxylic acids is 1. The number of rotatable bonds is 4. The largest absolute Gasteiger partial charge is 0.335 e. The minimum absolute atomic E-state index is 0.0580. The topological polar surface area (TPSA) is 57.7 Å². The molecule has 3 rings (SSSR count). The number of hydrogen-bond acceptors (Lipinski definition) is 4. The predicted octanol–water partition coefficient (Wildman–Crippen LogP) is 3.18. The minimum atomic E-state index is -4.34. The lowest BCUT2D eigenvalue weighted by Gasteiger charge is -2.33. The van der Waals surface area contributed by atoms with Gasteiger partial charge >= 0.3 is 0 Å². The van der Waals surface area contributed by atoms with Crippen molar-refractivity contribution in [2.45, 2.75) is 25.2 Å². The van der Waals surface area contributed by atoms with E-state index in [0.29, 0.717) is 17.0 Å². The Kier molecular flexibility index (Phi) is 5.83. The third-order valence-electron chi connectivity index (χ3n) is 4.70. The third kappa shape index (κ3) is 3.68. The summed E-state index contributed by atoms with van der Waals surface area (Å²) in [7, 11) is -4.34. The number of halogens is 3. The van der Waals surface area contributed by atoms with Crippen LogP contribution in [0.3, 0.4) is 0 Å². The van der Waals surface area contributed by atoms with Crippen LogP contribution in [-0.4, -0.2) is 49.7 Å². The van der Waals surface area contributed by atoms with Gasteiger partial charge in [0.2, 0.25) is 10.0 Å². The third-order valence-corrected chi connectivity index (χ3v) is 7.98. The Balaban J connectivity index is 1.74. The highest BCUT2D eigenvalue weighted by Crippen LogP contribution is 2.26. The van der Waals surface area contributed by atoms with E-state index in [1.807, 2.05) is 19.9 Å². The van der Waals surface area contributed by atoms with Crippen molar-refractivity contribution in [2.24, 2.45) is 0 Å². The van der Waals surface area contributed by atoms with Crippen LogP contribution in [0.2, 0.25) is 0 Å². The highest BCUT2D eigenvalue weighted by Gasteiger charge is 2.34. The zero-order chi connectivity index (χ0) is 20.6. The molecule has 0 atom stereocenters. The Morgan fingerprint density at radius 1 is 1.11 bits per heavy atom. The maximum atomic E-state index is 13.9. The molecule has 0 N–H and O–H groups in total. The van der Waals surface area contributed by atoms with Crippen LogP contribution in [0.4, 0.5) is 13.2 Å². The van der Waals surface area contributed by atoms with Gasteiger partial charge in [-0.05, 0) is 37.1 Å². The monoisotopic (exact) mass is 432 g/mol. The second-order valence-electron chi connectivity index (χ2n) is 6.44. The molecule has 0 saturated carbocycles. The number of amides is 1. The van der Waals surface area contributed by atoms with E-state index in [4.69, 9.17) is 0 Å². The van der Waals surface area contributed by atoms with Gasteiger partial charge in [0.05, 0.1) is 4.88 Å². The summed E-state index contributed by atoms with van der Waals surface area (Å²) in [5.74, 6) is -5.19. The highest BCUT2D eigenvalue weighted by molar-refractivity contribution is 7.89. The van der Waals surface area contributed by atoms with E-state index in [0.717, 1.165) is 21.2 Å². The van der Waals surface area contributed by atoms with Crippen molar-refractivity contribution in [1.29, 1.82) is 0 Å². The number of carbonyl (C=O) groups is 1. The summed E-state index contributed by atoms with van der Waals surface area (Å²) in [6.07, 6.45) is 0.829. The van der Waals surface area contributed by atoms with Crippen LogP contribution in [0.5, 0.6) is 0 Å². The van der Waals surface area contributed by atoms with E-state index in [9.17, 15) is 26.4 Å². The van der Waals surface area contributed by atoms with Gasteiger partial charge in [0.1, 0.15) is 4.90 Å². The summed E-state index contributed by atoms with van der Waals surface area (Å²) in [6.45, 7) is 4.08. The first-order valence-corrected chi connectivity index (χ1v) is 10.9. The quantitative estimate of drug-likeness (QED) is 0.698. The van der Waals surface area contributed by atoms with Crippen LogP contribution in [0.1, 0.15) is 27.0 Å². The van der Waals surface area contributed by atoms with Crippen LogP contribution in [0, 0.1) is 24.4 Å². The average molecular weight is 432 g/mol. The maximum Gasteiger partial charge on any atom is 0.264 e. The lowest BCUT2D eigenvalue weighted by Crippen LogP contribution is -2.50. The van der Waals surface area contributed by atoms with Gasteiger partial charge in [-0.2, -0.15) is 4.31 Å². The van der Waals surface area contributed by atoms with Crippen molar-refractivity contribution < 1.29 is 26.4 Å². The van der Waals surface area contributed by atoms with Crippen molar-refractivity contribution in [3.63, 3.8) is 0 Å². The number of nitrogens with zero attached hydrogens (tertiary/aromatic N) is 2. The molecule has 1 aromatic carbocycles. The molecular formula is C18H19F3N2O3S2. The first-order chi connectivity index (χ1) is 13.2. The zero-order valence-corrected chi connectivity index (χ0v) is 17.0. The van der Waals surface area contributed by atoms with E-state index in [2.05, 4.69) is 0 Å². The number of thiophene rings is 1. The van der Waals surface area contributed by atoms with E-state index < -0.39 is 32.4 Å². The van der Waals surface area contributed by atoms with Gasteiger partial charge in [-0.1, -0.05) is 6.92 Å². The Morgan fingerprint density at radius 2 is 1.75 bits per heavy atom. The number of sulfonamides is 1. The summed E-state index contributed by atoms with van der Waals surface area (Å²) in [6, 6.07) is 3.11. The van der Waals surface area contributed by atoms with Gasteiger partial charge < -0.3 is 4.90 Å². The molecule has 1 aliphatic heterocycles. The minimum Gasteiger partial charge on any atom is -0.335 e. The van der Waals surface area contributed by atoms with Crippen LogP contribution in [0.25, 0.3) is 0 Å². The zero-order valence-electron chi connectivity index (χ0n) is 15.3. The molecular weight excluding hydrogens is 413 g/mol. The fraction of sp³-hybridized carbons (Fsp3) is 0.389. The second-order valence-corrected chi connectivity index (χ2v) is 9.48. The smallest absolute Gasteiger partial charge is 0.264 e. The van der Waals surface area contributed by atoms with Gasteiger partial charge in [0.15, 0.2) is 17.5 Å². The normalized spacial score (nSPS) is 15.8. The van der Waals surface area contributed by atoms with E-state index in [1.165, 1.54) is 11.3 Å². The number of benzene rings is 1.